The molecule has 0 heterocycles. The normalized spacial score (nSPS) is 12.8. The van der Waals surface area contributed by atoms with Gasteiger partial charge in [0, 0.05) is 25.6 Å². The van der Waals surface area contributed by atoms with E-state index in [4.69, 9.17) is 0 Å². The molecule has 98 valence electrons. The Bertz CT molecular complexity index is 169. The van der Waals surface area contributed by atoms with Gasteiger partial charge in [-0.2, -0.15) is 13.2 Å². The highest BCUT2D eigenvalue weighted by atomic mass is 19.4. The fourth-order valence-electron chi connectivity index (χ4n) is 1.44. The summed E-state index contributed by atoms with van der Waals surface area (Å²) < 4.78 is 35.8. The Morgan fingerprint density at radius 3 is 2.25 bits per heavy atom. The zero-order chi connectivity index (χ0) is 12.6. The molecule has 0 aliphatic rings. The van der Waals surface area contributed by atoms with Gasteiger partial charge in [-0.25, -0.2) is 0 Å². The van der Waals surface area contributed by atoms with Crippen LogP contribution in [0.4, 0.5) is 13.2 Å². The van der Waals surface area contributed by atoms with Crippen molar-refractivity contribution in [3.05, 3.63) is 0 Å². The van der Waals surface area contributed by atoms with Crippen LogP contribution >= 0.6 is 0 Å². The lowest BCUT2D eigenvalue weighted by atomic mass is 10.3. The molecule has 0 rings (SSSR count). The SMILES string of the molecule is CCN(CCCC(F)(F)F)CCNC(C)C. The average molecular weight is 240 g/mol. The molecule has 0 saturated carbocycles. The Labute approximate surface area is 96.2 Å². The number of hydrogen-bond acceptors (Lipinski definition) is 2. The quantitative estimate of drug-likeness (QED) is 0.701. The van der Waals surface area contributed by atoms with Crippen molar-refractivity contribution in [2.24, 2.45) is 0 Å². The van der Waals surface area contributed by atoms with Crippen molar-refractivity contribution in [1.82, 2.24) is 10.2 Å². The van der Waals surface area contributed by atoms with Crippen LogP contribution in [0, 0.1) is 0 Å². The van der Waals surface area contributed by atoms with E-state index >= 15 is 0 Å². The minimum atomic E-state index is -4.02. The first-order valence-corrected chi connectivity index (χ1v) is 5.87. The molecule has 1 N–H and O–H groups in total. The number of nitrogens with one attached hydrogen (secondary N) is 1. The molecule has 5 heteroatoms. The van der Waals surface area contributed by atoms with Crippen LogP contribution < -0.4 is 5.32 Å². The van der Waals surface area contributed by atoms with Gasteiger partial charge in [-0.3, -0.25) is 0 Å². The van der Waals surface area contributed by atoms with Crippen molar-refractivity contribution < 1.29 is 13.2 Å². The summed E-state index contributed by atoms with van der Waals surface area (Å²) in [5, 5.41) is 3.25. The number of nitrogens with zero attached hydrogens (tertiary/aromatic N) is 1. The van der Waals surface area contributed by atoms with E-state index in [1.807, 2.05) is 11.8 Å². The molecule has 16 heavy (non-hydrogen) atoms. The van der Waals surface area contributed by atoms with Crippen LogP contribution in [0.2, 0.25) is 0 Å². The van der Waals surface area contributed by atoms with Gasteiger partial charge in [-0.1, -0.05) is 20.8 Å². The molecule has 0 aromatic carbocycles. The highest BCUT2D eigenvalue weighted by molar-refractivity contribution is 4.61. The third kappa shape index (κ3) is 10.2. The Balaban J connectivity index is 3.59. The molecule has 0 aromatic heterocycles. The van der Waals surface area contributed by atoms with Crippen molar-refractivity contribution in [2.45, 2.75) is 45.8 Å². The maximum atomic E-state index is 11.9. The fraction of sp³-hybridized carbons (Fsp3) is 1.00. The molecule has 0 bridgehead atoms. The minimum Gasteiger partial charge on any atom is -0.313 e. The summed E-state index contributed by atoms with van der Waals surface area (Å²) in [4.78, 5) is 2.04. The molecule has 0 fully saturated rings. The van der Waals surface area contributed by atoms with Crippen LogP contribution in [0.25, 0.3) is 0 Å². The molecule has 0 unspecified atom stereocenters. The van der Waals surface area contributed by atoms with Crippen LogP contribution in [-0.4, -0.2) is 43.3 Å². The predicted molar refractivity (Wildman–Crippen MR) is 60.5 cm³/mol. The van der Waals surface area contributed by atoms with Gasteiger partial charge < -0.3 is 10.2 Å². The van der Waals surface area contributed by atoms with Gasteiger partial charge in [-0.05, 0) is 19.5 Å². The van der Waals surface area contributed by atoms with Crippen molar-refractivity contribution in [1.29, 1.82) is 0 Å². The molecule has 0 saturated heterocycles. The maximum Gasteiger partial charge on any atom is 0.389 e. The van der Waals surface area contributed by atoms with E-state index < -0.39 is 12.6 Å². The van der Waals surface area contributed by atoms with E-state index in [0.29, 0.717) is 12.6 Å². The van der Waals surface area contributed by atoms with Gasteiger partial charge in [0.2, 0.25) is 0 Å². The van der Waals surface area contributed by atoms with E-state index in [2.05, 4.69) is 19.2 Å². The summed E-state index contributed by atoms with van der Waals surface area (Å²) in [5.74, 6) is 0. The second-order valence-corrected chi connectivity index (χ2v) is 4.26. The smallest absolute Gasteiger partial charge is 0.313 e. The Morgan fingerprint density at radius 2 is 1.81 bits per heavy atom. The van der Waals surface area contributed by atoms with E-state index in [-0.39, 0.29) is 6.42 Å². The Hall–Kier alpha value is -0.290. The van der Waals surface area contributed by atoms with Crippen molar-refractivity contribution >= 4 is 0 Å². The zero-order valence-corrected chi connectivity index (χ0v) is 10.4. The fourth-order valence-corrected chi connectivity index (χ4v) is 1.44. The lowest BCUT2D eigenvalue weighted by Gasteiger charge is -2.21. The summed E-state index contributed by atoms with van der Waals surface area (Å²) in [6.45, 7) is 9.06. The van der Waals surface area contributed by atoms with Crippen LogP contribution in [0.5, 0.6) is 0 Å². The highest BCUT2D eigenvalue weighted by Crippen LogP contribution is 2.21. The summed E-state index contributed by atoms with van der Waals surface area (Å²) in [6, 6.07) is 0.425. The van der Waals surface area contributed by atoms with Crippen LogP contribution in [-0.2, 0) is 0 Å². The van der Waals surface area contributed by atoms with E-state index in [1.54, 1.807) is 0 Å². The predicted octanol–water partition coefficient (Wildman–Crippen LogP) is 2.65. The summed E-state index contributed by atoms with van der Waals surface area (Å²) in [5.41, 5.74) is 0. The molecule has 0 atom stereocenters. The highest BCUT2D eigenvalue weighted by Gasteiger charge is 2.26. The summed E-state index contributed by atoms with van der Waals surface area (Å²) in [6.07, 6.45) is -4.50. The first kappa shape index (κ1) is 15.7. The summed E-state index contributed by atoms with van der Waals surface area (Å²) >= 11 is 0. The molecular weight excluding hydrogens is 217 g/mol. The van der Waals surface area contributed by atoms with Crippen LogP contribution in [0.3, 0.4) is 0 Å². The first-order chi connectivity index (χ1) is 7.35. The molecule has 0 radical (unpaired) electrons. The van der Waals surface area contributed by atoms with Crippen molar-refractivity contribution in [3.63, 3.8) is 0 Å². The standard InChI is InChI=1S/C11H23F3N2/c1-4-16(9-7-15-10(2)3)8-5-6-11(12,13)14/h10,15H,4-9H2,1-3H3. The average Bonchev–Trinajstić information content (AvgIpc) is 2.13. The van der Waals surface area contributed by atoms with Crippen LogP contribution in [0.1, 0.15) is 33.6 Å². The number of halogens is 3. The molecular formula is C11H23F3N2. The lowest BCUT2D eigenvalue weighted by molar-refractivity contribution is -0.136. The molecule has 2 nitrogen and oxygen atoms in total. The topological polar surface area (TPSA) is 15.3 Å². The first-order valence-electron chi connectivity index (χ1n) is 5.87. The molecule has 0 aliphatic carbocycles. The van der Waals surface area contributed by atoms with Crippen molar-refractivity contribution in [3.8, 4) is 0 Å². The minimum absolute atomic E-state index is 0.193. The van der Waals surface area contributed by atoms with Gasteiger partial charge in [0.15, 0.2) is 0 Å². The number of alkyl halides is 3. The largest absolute Gasteiger partial charge is 0.389 e. The van der Waals surface area contributed by atoms with Gasteiger partial charge in [-0.15, -0.1) is 0 Å². The maximum absolute atomic E-state index is 11.9. The van der Waals surface area contributed by atoms with Crippen LogP contribution in [0.15, 0.2) is 0 Å². The molecule has 0 aliphatic heterocycles. The van der Waals surface area contributed by atoms with E-state index in [0.717, 1.165) is 19.6 Å². The van der Waals surface area contributed by atoms with E-state index in [1.165, 1.54) is 0 Å². The monoisotopic (exact) mass is 240 g/mol. The van der Waals surface area contributed by atoms with Gasteiger partial charge in [0.05, 0.1) is 0 Å². The Kier molecular flexibility index (Phi) is 7.76. The lowest BCUT2D eigenvalue weighted by Crippen LogP contribution is -2.35. The second-order valence-electron chi connectivity index (χ2n) is 4.26. The zero-order valence-electron chi connectivity index (χ0n) is 10.4. The third-order valence-corrected chi connectivity index (χ3v) is 2.36. The second kappa shape index (κ2) is 7.90. The van der Waals surface area contributed by atoms with E-state index in [9.17, 15) is 13.2 Å². The summed E-state index contributed by atoms with van der Waals surface area (Å²) in [7, 11) is 0. The van der Waals surface area contributed by atoms with Gasteiger partial charge in [0.1, 0.15) is 0 Å². The number of rotatable bonds is 8. The number of likely N-dealkylation sites (N-methyl/N-ethyl adjacent to an activating group) is 1. The number of hydrogen-bond donors (Lipinski definition) is 1. The molecule has 0 amide bonds. The van der Waals surface area contributed by atoms with Gasteiger partial charge >= 0.3 is 6.18 Å². The molecule has 0 aromatic rings. The van der Waals surface area contributed by atoms with Crippen molar-refractivity contribution in [2.75, 3.05) is 26.2 Å². The molecule has 0 spiro atoms. The Morgan fingerprint density at radius 1 is 1.19 bits per heavy atom. The third-order valence-electron chi connectivity index (χ3n) is 2.36. The van der Waals surface area contributed by atoms with Gasteiger partial charge in [0.25, 0.3) is 0 Å².